The van der Waals surface area contributed by atoms with Crippen molar-refractivity contribution < 1.29 is 14.4 Å². The first-order chi connectivity index (χ1) is 9.70. The molecule has 0 fully saturated rings. The van der Waals surface area contributed by atoms with E-state index in [0.717, 1.165) is 11.3 Å². The van der Waals surface area contributed by atoms with Gasteiger partial charge >= 0.3 is 0 Å². The Labute approximate surface area is 116 Å². The molecular formula is C14H15N3O3. The summed E-state index contributed by atoms with van der Waals surface area (Å²) in [5.41, 5.74) is 9.11. The number of pyridine rings is 1. The van der Waals surface area contributed by atoms with Crippen molar-refractivity contribution >= 4 is 11.7 Å². The fourth-order valence-corrected chi connectivity index (χ4v) is 1.57. The van der Waals surface area contributed by atoms with Crippen molar-refractivity contribution in [3.63, 3.8) is 0 Å². The summed E-state index contributed by atoms with van der Waals surface area (Å²) in [5.74, 6) is 0.503. The standard InChI is InChI=1S/C14H15N3O3/c1-19-11-6-4-10(5-7-11)9-20-17-14(18)12-3-2-8-16-13(12)15/h2-8H,9H2,1H3,(H2,15,16)(H,17,18). The third-order valence-corrected chi connectivity index (χ3v) is 2.65. The number of hydrogen-bond donors (Lipinski definition) is 2. The number of carbonyl (C=O) groups excluding carboxylic acids is 1. The molecule has 6 heteroatoms. The quantitative estimate of drug-likeness (QED) is 0.807. The molecule has 1 aromatic carbocycles. The first kappa shape index (κ1) is 13.8. The minimum Gasteiger partial charge on any atom is -0.497 e. The Balaban J connectivity index is 1.86. The molecule has 0 atom stereocenters. The molecule has 0 aliphatic rings. The summed E-state index contributed by atoms with van der Waals surface area (Å²) >= 11 is 0. The van der Waals surface area contributed by atoms with E-state index >= 15 is 0 Å². The summed E-state index contributed by atoms with van der Waals surface area (Å²) in [6.07, 6.45) is 1.52. The average Bonchev–Trinajstić information content (AvgIpc) is 2.48. The van der Waals surface area contributed by atoms with Crippen LogP contribution in [0, 0.1) is 0 Å². The maximum absolute atomic E-state index is 11.8. The smallest absolute Gasteiger partial charge is 0.278 e. The van der Waals surface area contributed by atoms with E-state index in [9.17, 15) is 4.79 Å². The normalized spacial score (nSPS) is 10.1. The van der Waals surface area contributed by atoms with Crippen molar-refractivity contribution in [2.45, 2.75) is 6.61 Å². The Kier molecular flexibility index (Phi) is 4.52. The van der Waals surface area contributed by atoms with E-state index < -0.39 is 5.91 Å². The molecule has 0 aliphatic carbocycles. The Morgan fingerprint density at radius 1 is 1.30 bits per heavy atom. The third kappa shape index (κ3) is 3.46. The lowest BCUT2D eigenvalue weighted by Crippen LogP contribution is -2.24. The van der Waals surface area contributed by atoms with Crippen LogP contribution in [0.15, 0.2) is 42.6 Å². The minimum atomic E-state index is -0.427. The Morgan fingerprint density at radius 3 is 2.70 bits per heavy atom. The van der Waals surface area contributed by atoms with Crippen LogP contribution in [-0.4, -0.2) is 18.0 Å². The number of benzene rings is 1. The van der Waals surface area contributed by atoms with Gasteiger partial charge in [0.25, 0.3) is 5.91 Å². The van der Waals surface area contributed by atoms with Crippen LogP contribution in [0.5, 0.6) is 5.75 Å². The molecule has 0 bridgehead atoms. The number of carbonyl (C=O) groups is 1. The first-order valence-corrected chi connectivity index (χ1v) is 5.96. The maximum Gasteiger partial charge on any atom is 0.278 e. The van der Waals surface area contributed by atoms with E-state index in [1.54, 1.807) is 19.2 Å². The molecule has 3 N–H and O–H groups in total. The van der Waals surface area contributed by atoms with E-state index in [0.29, 0.717) is 0 Å². The van der Waals surface area contributed by atoms with Crippen molar-refractivity contribution in [2.75, 3.05) is 12.8 Å². The highest BCUT2D eigenvalue weighted by Crippen LogP contribution is 2.12. The van der Waals surface area contributed by atoms with Crippen LogP contribution < -0.4 is 16.0 Å². The molecule has 2 rings (SSSR count). The number of hydrogen-bond acceptors (Lipinski definition) is 5. The van der Waals surface area contributed by atoms with Gasteiger partial charge in [-0.25, -0.2) is 10.5 Å². The molecule has 2 aromatic rings. The Bertz CT molecular complexity index is 584. The molecule has 0 spiro atoms. The highest BCUT2D eigenvalue weighted by atomic mass is 16.6. The summed E-state index contributed by atoms with van der Waals surface area (Å²) in [4.78, 5) is 20.8. The number of ether oxygens (including phenoxy) is 1. The molecule has 0 saturated carbocycles. The van der Waals surface area contributed by atoms with Crippen molar-refractivity contribution in [3.8, 4) is 5.75 Å². The van der Waals surface area contributed by atoms with Crippen LogP contribution in [0.1, 0.15) is 15.9 Å². The van der Waals surface area contributed by atoms with E-state index in [-0.39, 0.29) is 18.0 Å². The highest BCUT2D eigenvalue weighted by Gasteiger charge is 2.09. The molecule has 1 heterocycles. The molecule has 0 unspecified atom stereocenters. The summed E-state index contributed by atoms with van der Waals surface area (Å²) in [5, 5.41) is 0. The third-order valence-electron chi connectivity index (χ3n) is 2.65. The zero-order chi connectivity index (χ0) is 14.4. The number of nitrogens with one attached hydrogen (secondary N) is 1. The van der Waals surface area contributed by atoms with Crippen LogP contribution in [0.25, 0.3) is 0 Å². The molecule has 1 aromatic heterocycles. The van der Waals surface area contributed by atoms with Gasteiger partial charge in [0.2, 0.25) is 0 Å². The largest absolute Gasteiger partial charge is 0.497 e. The summed E-state index contributed by atoms with van der Waals surface area (Å²) in [6, 6.07) is 10.6. The zero-order valence-electron chi connectivity index (χ0n) is 11.0. The Hall–Kier alpha value is -2.60. The number of aromatic nitrogens is 1. The van der Waals surface area contributed by atoms with E-state index in [2.05, 4.69) is 10.5 Å². The van der Waals surface area contributed by atoms with E-state index in [1.165, 1.54) is 6.20 Å². The topological polar surface area (TPSA) is 86.5 Å². The summed E-state index contributed by atoms with van der Waals surface area (Å²) in [6.45, 7) is 0.246. The second-order valence-corrected chi connectivity index (χ2v) is 4.00. The molecule has 0 aliphatic heterocycles. The SMILES string of the molecule is COc1ccc(CONC(=O)c2cccnc2N)cc1. The van der Waals surface area contributed by atoms with Gasteiger partial charge in [-0.3, -0.25) is 9.63 Å². The van der Waals surface area contributed by atoms with Gasteiger partial charge in [0.15, 0.2) is 0 Å². The number of hydroxylamine groups is 1. The number of nitrogen functional groups attached to an aromatic ring is 1. The molecule has 0 radical (unpaired) electrons. The molecule has 6 nitrogen and oxygen atoms in total. The van der Waals surface area contributed by atoms with Crippen LogP contribution in [0.3, 0.4) is 0 Å². The molecule has 20 heavy (non-hydrogen) atoms. The lowest BCUT2D eigenvalue weighted by molar-refractivity contribution is 0.0234. The van der Waals surface area contributed by atoms with E-state index in [1.807, 2.05) is 24.3 Å². The second-order valence-electron chi connectivity index (χ2n) is 4.00. The average molecular weight is 273 g/mol. The van der Waals surface area contributed by atoms with Gasteiger partial charge in [-0.05, 0) is 29.8 Å². The zero-order valence-corrected chi connectivity index (χ0v) is 11.0. The van der Waals surface area contributed by atoms with Gasteiger partial charge in [-0.15, -0.1) is 0 Å². The number of anilines is 1. The first-order valence-electron chi connectivity index (χ1n) is 5.96. The number of methoxy groups -OCH3 is 1. The van der Waals surface area contributed by atoms with Crippen LogP contribution >= 0.6 is 0 Å². The monoisotopic (exact) mass is 273 g/mol. The van der Waals surface area contributed by atoms with Crippen molar-refractivity contribution in [2.24, 2.45) is 0 Å². The minimum absolute atomic E-state index is 0.165. The van der Waals surface area contributed by atoms with Crippen LogP contribution in [0.2, 0.25) is 0 Å². The molecule has 0 saturated heterocycles. The van der Waals surface area contributed by atoms with Gasteiger partial charge < -0.3 is 10.5 Å². The Morgan fingerprint density at radius 2 is 2.05 bits per heavy atom. The summed E-state index contributed by atoms with van der Waals surface area (Å²) in [7, 11) is 1.60. The van der Waals surface area contributed by atoms with Gasteiger partial charge in [-0.1, -0.05) is 12.1 Å². The summed E-state index contributed by atoms with van der Waals surface area (Å²) < 4.78 is 5.05. The van der Waals surface area contributed by atoms with Crippen LogP contribution in [0.4, 0.5) is 5.82 Å². The van der Waals surface area contributed by atoms with Crippen LogP contribution in [-0.2, 0) is 11.4 Å². The lowest BCUT2D eigenvalue weighted by atomic mass is 10.2. The molecule has 104 valence electrons. The molecular weight excluding hydrogens is 258 g/mol. The van der Waals surface area contributed by atoms with Crippen molar-refractivity contribution in [1.82, 2.24) is 10.5 Å². The number of nitrogens with zero attached hydrogens (tertiary/aromatic N) is 1. The molecule has 1 amide bonds. The van der Waals surface area contributed by atoms with Gasteiger partial charge in [0.1, 0.15) is 11.6 Å². The van der Waals surface area contributed by atoms with Gasteiger partial charge in [0.05, 0.1) is 19.3 Å². The maximum atomic E-state index is 11.8. The predicted octanol–water partition coefficient (Wildman–Crippen LogP) is 1.53. The second kappa shape index (κ2) is 6.53. The van der Waals surface area contributed by atoms with Gasteiger partial charge in [0, 0.05) is 6.20 Å². The number of amides is 1. The number of rotatable bonds is 5. The van der Waals surface area contributed by atoms with Crippen molar-refractivity contribution in [1.29, 1.82) is 0 Å². The fourth-order valence-electron chi connectivity index (χ4n) is 1.57. The van der Waals surface area contributed by atoms with Gasteiger partial charge in [-0.2, -0.15) is 0 Å². The number of nitrogens with two attached hydrogens (primary N) is 1. The highest BCUT2D eigenvalue weighted by molar-refractivity contribution is 5.97. The predicted molar refractivity (Wildman–Crippen MR) is 73.9 cm³/mol. The fraction of sp³-hybridized carbons (Fsp3) is 0.143. The van der Waals surface area contributed by atoms with E-state index in [4.69, 9.17) is 15.3 Å². The lowest BCUT2D eigenvalue weighted by Gasteiger charge is -2.07. The van der Waals surface area contributed by atoms with Crippen molar-refractivity contribution in [3.05, 3.63) is 53.7 Å².